The zero-order valence-corrected chi connectivity index (χ0v) is 31.6. The highest BCUT2D eigenvalue weighted by Crippen LogP contribution is 2.24. The van der Waals surface area contributed by atoms with E-state index in [9.17, 15) is 0 Å². The van der Waals surface area contributed by atoms with Crippen molar-refractivity contribution in [2.45, 2.75) is 206 Å². The van der Waals surface area contributed by atoms with Crippen LogP contribution in [0.5, 0.6) is 0 Å². The molecule has 0 saturated carbocycles. The minimum atomic E-state index is 0.987. The molecule has 0 spiro atoms. The van der Waals surface area contributed by atoms with Crippen molar-refractivity contribution in [1.82, 2.24) is 4.90 Å². The lowest BCUT2D eigenvalue weighted by atomic mass is 9.89. The summed E-state index contributed by atoms with van der Waals surface area (Å²) in [5.41, 5.74) is 0. The van der Waals surface area contributed by atoms with Gasteiger partial charge in [-0.1, -0.05) is 184 Å². The first-order chi connectivity index (χ1) is 22.2. The number of nitrogens with zero attached hydrogens (tertiary/aromatic N) is 1. The molecule has 0 saturated heterocycles. The molecule has 0 aromatic carbocycles. The van der Waals surface area contributed by atoms with Gasteiger partial charge in [0.25, 0.3) is 0 Å². The van der Waals surface area contributed by atoms with Gasteiger partial charge in [-0.05, 0) is 97.2 Å². The molecule has 0 aromatic heterocycles. The number of hydrogen-bond acceptors (Lipinski definition) is 1. The lowest BCUT2D eigenvalue weighted by molar-refractivity contribution is 0.352. The maximum atomic E-state index is 2.41. The Morgan fingerprint density at radius 2 is 0.667 bits per heavy atom. The molecule has 0 atom stereocenters. The molecule has 1 nitrogen and oxygen atoms in total. The standard InChI is InChI=1S/C44H83N/c1-5-7-9-11-13-15-17-19-21-23-25-27-29-31-33-36-40-44(42-38-35-39-43-45(3)4)41-37-34-32-30-28-26-24-22-20-18-16-14-12-10-8-6-2/h13-16,19-22,44H,5-12,17-18,23-43H2,1-4H3/b15-13-,16-14-,21-19-,22-20-. The van der Waals surface area contributed by atoms with E-state index in [0.717, 1.165) is 18.8 Å². The fourth-order valence-electron chi connectivity index (χ4n) is 6.31. The Labute approximate surface area is 285 Å². The molecule has 0 fully saturated rings. The molecular formula is C44H83N. The van der Waals surface area contributed by atoms with Crippen molar-refractivity contribution in [3.63, 3.8) is 0 Å². The first-order valence-electron chi connectivity index (χ1n) is 20.4. The van der Waals surface area contributed by atoms with Crippen LogP contribution in [0.25, 0.3) is 0 Å². The van der Waals surface area contributed by atoms with Crippen LogP contribution in [0.4, 0.5) is 0 Å². The lowest BCUT2D eigenvalue weighted by Gasteiger charge is -2.17. The summed E-state index contributed by atoms with van der Waals surface area (Å²) < 4.78 is 0. The fourth-order valence-corrected chi connectivity index (χ4v) is 6.31. The third-order valence-corrected chi connectivity index (χ3v) is 9.34. The van der Waals surface area contributed by atoms with Gasteiger partial charge in [0.2, 0.25) is 0 Å². The smallest absolute Gasteiger partial charge is 0.00248 e. The fraction of sp³-hybridized carbons (Fsp3) is 0.818. The second kappa shape index (κ2) is 39.1. The van der Waals surface area contributed by atoms with Gasteiger partial charge in [0.15, 0.2) is 0 Å². The molecule has 0 amide bonds. The average molecular weight is 626 g/mol. The minimum Gasteiger partial charge on any atom is -0.309 e. The van der Waals surface area contributed by atoms with Gasteiger partial charge in [-0.2, -0.15) is 0 Å². The first kappa shape index (κ1) is 43.9. The molecule has 0 N–H and O–H groups in total. The van der Waals surface area contributed by atoms with Gasteiger partial charge < -0.3 is 4.90 Å². The molecule has 264 valence electrons. The SMILES string of the molecule is CCCCC/C=C\C/C=C\CCCCCCCCC(CCCCCCCC/C=C\C/C=C\CCCCC)CCCCCN(C)C. The Hall–Kier alpha value is -1.08. The summed E-state index contributed by atoms with van der Waals surface area (Å²) in [6.45, 7) is 5.81. The highest BCUT2D eigenvalue weighted by molar-refractivity contribution is 4.93. The van der Waals surface area contributed by atoms with E-state index in [1.807, 2.05) is 0 Å². The van der Waals surface area contributed by atoms with Gasteiger partial charge in [0.05, 0.1) is 0 Å². The maximum absolute atomic E-state index is 2.41. The summed E-state index contributed by atoms with van der Waals surface area (Å²) in [4.78, 5) is 2.34. The molecule has 0 unspecified atom stereocenters. The zero-order chi connectivity index (χ0) is 32.7. The van der Waals surface area contributed by atoms with Crippen LogP contribution in [-0.2, 0) is 0 Å². The Bertz CT molecular complexity index is 606. The second-order valence-electron chi connectivity index (χ2n) is 14.3. The highest BCUT2D eigenvalue weighted by atomic mass is 15.0. The normalized spacial score (nSPS) is 12.6. The van der Waals surface area contributed by atoms with Gasteiger partial charge in [-0.3, -0.25) is 0 Å². The highest BCUT2D eigenvalue weighted by Gasteiger charge is 2.09. The minimum absolute atomic E-state index is 0.987. The third-order valence-electron chi connectivity index (χ3n) is 9.34. The Kier molecular flexibility index (Phi) is 38.2. The number of hydrogen-bond donors (Lipinski definition) is 0. The van der Waals surface area contributed by atoms with Crippen molar-refractivity contribution in [2.24, 2.45) is 5.92 Å². The van der Waals surface area contributed by atoms with E-state index in [-0.39, 0.29) is 0 Å². The van der Waals surface area contributed by atoms with Gasteiger partial charge in [0.1, 0.15) is 0 Å². The van der Waals surface area contributed by atoms with Crippen LogP contribution in [0.3, 0.4) is 0 Å². The predicted molar refractivity (Wildman–Crippen MR) is 208 cm³/mol. The van der Waals surface area contributed by atoms with E-state index in [2.05, 4.69) is 81.5 Å². The molecule has 0 bridgehead atoms. The third kappa shape index (κ3) is 39.0. The monoisotopic (exact) mass is 626 g/mol. The van der Waals surface area contributed by atoms with Crippen molar-refractivity contribution in [2.75, 3.05) is 20.6 Å². The molecule has 0 aliphatic heterocycles. The molecule has 1 heteroatoms. The summed E-state index contributed by atoms with van der Waals surface area (Å²) in [6, 6.07) is 0. The topological polar surface area (TPSA) is 3.24 Å². The van der Waals surface area contributed by atoms with E-state index in [1.165, 1.54) is 186 Å². The Balaban J connectivity index is 3.88. The largest absolute Gasteiger partial charge is 0.309 e. The van der Waals surface area contributed by atoms with Crippen molar-refractivity contribution in [3.05, 3.63) is 48.6 Å². The average Bonchev–Trinajstić information content (AvgIpc) is 3.03. The lowest BCUT2D eigenvalue weighted by Crippen LogP contribution is -2.12. The molecule has 45 heavy (non-hydrogen) atoms. The predicted octanol–water partition coefficient (Wildman–Crippen LogP) is 15.1. The number of allylic oxidation sites excluding steroid dienone is 8. The van der Waals surface area contributed by atoms with Gasteiger partial charge in [-0.25, -0.2) is 0 Å². The summed E-state index contributed by atoms with van der Waals surface area (Å²) in [5, 5.41) is 0. The second-order valence-corrected chi connectivity index (χ2v) is 14.3. The van der Waals surface area contributed by atoms with Crippen LogP contribution in [0.2, 0.25) is 0 Å². The van der Waals surface area contributed by atoms with E-state index < -0.39 is 0 Å². The van der Waals surface area contributed by atoms with E-state index in [4.69, 9.17) is 0 Å². The van der Waals surface area contributed by atoms with Crippen molar-refractivity contribution >= 4 is 0 Å². The van der Waals surface area contributed by atoms with E-state index >= 15 is 0 Å². The molecule has 0 aliphatic carbocycles. The number of unbranched alkanes of at least 4 members (excludes halogenated alkanes) is 20. The van der Waals surface area contributed by atoms with Crippen molar-refractivity contribution in [3.8, 4) is 0 Å². The molecule has 0 rings (SSSR count). The maximum Gasteiger partial charge on any atom is -0.00248 e. The molecule has 0 aromatic rings. The van der Waals surface area contributed by atoms with Crippen LogP contribution in [0, 0.1) is 5.92 Å². The number of rotatable bonds is 36. The van der Waals surface area contributed by atoms with Crippen LogP contribution in [0.15, 0.2) is 48.6 Å². The van der Waals surface area contributed by atoms with Crippen LogP contribution >= 0.6 is 0 Å². The van der Waals surface area contributed by atoms with Crippen LogP contribution < -0.4 is 0 Å². The van der Waals surface area contributed by atoms with E-state index in [1.54, 1.807) is 0 Å². The van der Waals surface area contributed by atoms with Gasteiger partial charge in [-0.15, -0.1) is 0 Å². The van der Waals surface area contributed by atoms with Crippen molar-refractivity contribution in [1.29, 1.82) is 0 Å². The molecule has 0 heterocycles. The zero-order valence-electron chi connectivity index (χ0n) is 31.6. The van der Waals surface area contributed by atoms with Crippen LogP contribution in [0.1, 0.15) is 206 Å². The van der Waals surface area contributed by atoms with Crippen molar-refractivity contribution < 1.29 is 0 Å². The Morgan fingerprint density at radius 3 is 1.02 bits per heavy atom. The summed E-state index contributed by atoms with van der Waals surface area (Å²) in [5.74, 6) is 0.987. The summed E-state index contributed by atoms with van der Waals surface area (Å²) in [6.07, 6.45) is 60.3. The molecule has 0 radical (unpaired) electrons. The molecular weight excluding hydrogens is 542 g/mol. The quantitative estimate of drug-likeness (QED) is 0.0494. The van der Waals surface area contributed by atoms with E-state index in [0.29, 0.717) is 0 Å². The van der Waals surface area contributed by atoms with Gasteiger partial charge >= 0.3 is 0 Å². The van der Waals surface area contributed by atoms with Crippen LogP contribution in [-0.4, -0.2) is 25.5 Å². The summed E-state index contributed by atoms with van der Waals surface area (Å²) in [7, 11) is 4.42. The van der Waals surface area contributed by atoms with Gasteiger partial charge in [0, 0.05) is 0 Å². The molecule has 0 aliphatic rings. The first-order valence-corrected chi connectivity index (χ1v) is 20.4. The summed E-state index contributed by atoms with van der Waals surface area (Å²) >= 11 is 0. The Morgan fingerprint density at radius 1 is 0.356 bits per heavy atom.